The predicted octanol–water partition coefficient (Wildman–Crippen LogP) is 2.51. The van der Waals surface area contributed by atoms with Gasteiger partial charge in [-0.05, 0) is 24.3 Å². The lowest BCUT2D eigenvalue weighted by Gasteiger charge is -2.22. The Morgan fingerprint density at radius 1 is 1.28 bits per heavy atom. The fourth-order valence-electron chi connectivity index (χ4n) is 2.42. The summed E-state index contributed by atoms with van der Waals surface area (Å²) in [4.78, 5) is 23.2. The van der Waals surface area contributed by atoms with Crippen molar-refractivity contribution in [1.82, 2.24) is 5.32 Å². The topological polar surface area (TPSA) is 66.4 Å². The molecule has 2 N–H and O–H groups in total. The molecule has 0 saturated heterocycles. The Balaban J connectivity index is 2.04. The fraction of sp³-hybridized carbons (Fsp3) is 0.538. The number of nitrogens with one attached hydrogen (secondary N) is 1. The van der Waals surface area contributed by atoms with Crippen LogP contribution in [0.3, 0.4) is 0 Å². The summed E-state index contributed by atoms with van der Waals surface area (Å²) in [6.45, 7) is 0. The molecule has 0 radical (unpaired) electrons. The molecule has 0 aromatic carbocycles. The van der Waals surface area contributed by atoms with Crippen LogP contribution < -0.4 is 5.32 Å². The largest absolute Gasteiger partial charge is 0.481 e. The average molecular weight is 267 g/mol. The van der Waals surface area contributed by atoms with Crippen LogP contribution in [0.5, 0.6) is 0 Å². The molecule has 0 aliphatic heterocycles. The molecule has 1 fully saturated rings. The molecular formula is C13H17NO3S. The molecule has 2 atom stereocenters. The second-order valence-corrected chi connectivity index (χ2v) is 5.45. The van der Waals surface area contributed by atoms with Crippen LogP contribution in [0, 0.1) is 5.92 Å². The Hall–Kier alpha value is -1.36. The number of carboxylic acids is 1. The van der Waals surface area contributed by atoms with E-state index in [1.165, 1.54) is 11.3 Å². The van der Waals surface area contributed by atoms with Crippen LogP contribution >= 0.6 is 11.3 Å². The maximum absolute atomic E-state index is 12.0. The highest BCUT2D eigenvalue weighted by molar-refractivity contribution is 7.08. The van der Waals surface area contributed by atoms with Crippen molar-refractivity contribution in [3.63, 3.8) is 0 Å². The van der Waals surface area contributed by atoms with E-state index < -0.39 is 11.9 Å². The fourth-order valence-corrected chi connectivity index (χ4v) is 3.06. The van der Waals surface area contributed by atoms with Crippen molar-refractivity contribution in [2.75, 3.05) is 0 Å². The van der Waals surface area contributed by atoms with Crippen LogP contribution in [-0.4, -0.2) is 23.0 Å². The van der Waals surface area contributed by atoms with E-state index in [0.29, 0.717) is 12.0 Å². The van der Waals surface area contributed by atoms with Crippen LogP contribution in [-0.2, 0) is 4.79 Å². The van der Waals surface area contributed by atoms with Gasteiger partial charge in [0.25, 0.3) is 5.91 Å². The van der Waals surface area contributed by atoms with E-state index in [0.717, 1.165) is 25.7 Å². The molecule has 0 unspecified atom stereocenters. The summed E-state index contributed by atoms with van der Waals surface area (Å²) in [6.07, 6.45) is 4.38. The van der Waals surface area contributed by atoms with E-state index >= 15 is 0 Å². The quantitative estimate of drug-likeness (QED) is 0.827. The van der Waals surface area contributed by atoms with Crippen LogP contribution in [0.25, 0.3) is 0 Å². The van der Waals surface area contributed by atoms with E-state index in [2.05, 4.69) is 5.32 Å². The van der Waals surface area contributed by atoms with Crippen molar-refractivity contribution in [2.24, 2.45) is 5.92 Å². The number of aliphatic carboxylic acids is 1. The highest BCUT2D eigenvalue weighted by atomic mass is 32.1. The summed E-state index contributed by atoms with van der Waals surface area (Å²) in [5, 5.41) is 15.7. The average Bonchev–Trinajstić information content (AvgIpc) is 2.77. The van der Waals surface area contributed by atoms with E-state index in [1.807, 2.05) is 5.38 Å². The first-order valence-electron chi connectivity index (χ1n) is 6.24. The normalized spacial score (nSPS) is 24.2. The number of carbonyl (C=O) groups excluding carboxylic acids is 1. The molecule has 1 aromatic rings. The maximum atomic E-state index is 12.0. The number of amides is 1. The van der Waals surface area contributed by atoms with Gasteiger partial charge in [-0.3, -0.25) is 9.59 Å². The van der Waals surface area contributed by atoms with Gasteiger partial charge in [0.05, 0.1) is 5.92 Å². The summed E-state index contributed by atoms with van der Waals surface area (Å²) >= 11 is 1.46. The predicted molar refractivity (Wildman–Crippen MR) is 69.8 cm³/mol. The highest BCUT2D eigenvalue weighted by Gasteiger charge is 2.30. The first-order chi connectivity index (χ1) is 8.68. The Morgan fingerprint density at radius 3 is 2.72 bits per heavy atom. The van der Waals surface area contributed by atoms with Crippen molar-refractivity contribution >= 4 is 23.2 Å². The molecule has 1 amide bonds. The SMILES string of the molecule is O=C(N[C@H]1CCCCC[C@@H]1C(=O)O)c1ccsc1. The van der Waals surface area contributed by atoms with Crippen molar-refractivity contribution in [2.45, 2.75) is 38.1 Å². The van der Waals surface area contributed by atoms with Crippen LogP contribution in [0.15, 0.2) is 16.8 Å². The maximum Gasteiger partial charge on any atom is 0.308 e. The van der Waals surface area contributed by atoms with Crippen molar-refractivity contribution in [3.05, 3.63) is 22.4 Å². The third-order valence-corrected chi connectivity index (χ3v) is 4.12. The van der Waals surface area contributed by atoms with Gasteiger partial charge in [0.2, 0.25) is 0 Å². The minimum atomic E-state index is -0.799. The minimum absolute atomic E-state index is 0.158. The first kappa shape index (κ1) is 13.1. The van der Waals surface area contributed by atoms with Gasteiger partial charge in [-0.2, -0.15) is 11.3 Å². The second-order valence-electron chi connectivity index (χ2n) is 4.67. The van der Waals surface area contributed by atoms with Gasteiger partial charge in [-0.15, -0.1) is 0 Å². The van der Waals surface area contributed by atoms with E-state index in [9.17, 15) is 14.7 Å². The van der Waals surface area contributed by atoms with Crippen molar-refractivity contribution in [1.29, 1.82) is 0 Å². The summed E-state index contributed by atoms with van der Waals surface area (Å²) < 4.78 is 0. The molecule has 4 nitrogen and oxygen atoms in total. The first-order valence-corrected chi connectivity index (χ1v) is 7.18. The molecule has 18 heavy (non-hydrogen) atoms. The molecule has 98 valence electrons. The highest BCUT2D eigenvalue weighted by Crippen LogP contribution is 2.24. The van der Waals surface area contributed by atoms with Gasteiger partial charge in [-0.1, -0.05) is 19.3 Å². The van der Waals surface area contributed by atoms with E-state index in [-0.39, 0.29) is 11.9 Å². The standard InChI is InChI=1S/C13H17NO3S/c15-12(9-6-7-18-8-9)14-11-5-3-1-2-4-10(11)13(16)17/h6-8,10-11H,1-5H2,(H,14,15)(H,16,17)/t10-,11-/m0/s1. The monoisotopic (exact) mass is 267 g/mol. The van der Waals surface area contributed by atoms with Crippen molar-refractivity contribution in [3.8, 4) is 0 Å². The van der Waals surface area contributed by atoms with E-state index in [1.54, 1.807) is 11.4 Å². The molecule has 5 heteroatoms. The smallest absolute Gasteiger partial charge is 0.308 e. The Bertz CT molecular complexity index is 416. The lowest BCUT2D eigenvalue weighted by molar-refractivity contribution is -0.142. The summed E-state index contributed by atoms with van der Waals surface area (Å²) in [7, 11) is 0. The number of carbonyl (C=O) groups is 2. The van der Waals surface area contributed by atoms with Gasteiger partial charge in [0.1, 0.15) is 0 Å². The molecule has 0 spiro atoms. The third kappa shape index (κ3) is 3.10. The van der Waals surface area contributed by atoms with Crippen molar-refractivity contribution < 1.29 is 14.7 Å². The molecule has 1 saturated carbocycles. The molecule has 0 bridgehead atoms. The number of rotatable bonds is 3. The number of hydrogen-bond acceptors (Lipinski definition) is 3. The molecule has 1 heterocycles. The molecule has 1 aliphatic rings. The Labute approximate surface area is 110 Å². The number of carboxylic acid groups (broad SMARTS) is 1. The van der Waals surface area contributed by atoms with Gasteiger partial charge in [-0.25, -0.2) is 0 Å². The number of thiophene rings is 1. The third-order valence-electron chi connectivity index (χ3n) is 3.43. The summed E-state index contributed by atoms with van der Waals surface area (Å²) in [5.41, 5.74) is 0.619. The molecule has 1 aliphatic carbocycles. The van der Waals surface area contributed by atoms with Gasteiger partial charge < -0.3 is 10.4 Å². The minimum Gasteiger partial charge on any atom is -0.481 e. The molecule has 2 rings (SSSR count). The lowest BCUT2D eigenvalue weighted by Crippen LogP contribution is -2.42. The zero-order chi connectivity index (χ0) is 13.0. The van der Waals surface area contributed by atoms with Crippen LogP contribution in [0.4, 0.5) is 0 Å². The van der Waals surface area contributed by atoms with Gasteiger partial charge in [0, 0.05) is 17.0 Å². The molecule has 1 aromatic heterocycles. The zero-order valence-electron chi connectivity index (χ0n) is 10.1. The Kier molecular flexibility index (Phi) is 4.36. The lowest BCUT2D eigenvalue weighted by atomic mass is 9.94. The number of hydrogen-bond donors (Lipinski definition) is 2. The van der Waals surface area contributed by atoms with Gasteiger partial charge in [0.15, 0.2) is 0 Å². The summed E-state index contributed by atoms with van der Waals surface area (Å²) in [5.74, 6) is -1.41. The second kappa shape index (κ2) is 6.00. The summed E-state index contributed by atoms with van der Waals surface area (Å²) in [6, 6.07) is 1.52. The van der Waals surface area contributed by atoms with Crippen LogP contribution in [0.1, 0.15) is 42.5 Å². The molecular weight excluding hydrogens is 250 g/mol. The van der Waals surface area contributed by atoms with Gasteiger partial charge >= 0.3 is 5.97 Å². The van der Waals surface area contributed by atoms with E-state index in [4.69, 9.17) is 0 Å². The zero-order valence-corrected chi connectivity index (χ0v) is 10.9. The van der Waals surface area contributed by atoms with Crippen LogP contribution in [0.2, 0.25) is 0 Å². The Morgan fingerprint density at radius 2 is 2.06 bits per heavy atom.